The molecule has 0 aromatic rings. The van der Waals surface area contributed by atoms with Crippen LogP contribution in [0.4, 0.5) is 0 Å². The quantitative estimate of drug-likeness (QED) is 0.489. The molecule has 0 amide bonds. The number of sulfone groups is 1. The fraction of sp³-hybridized carbons (Fsp3) is 1.00. The summed E-state index contributed by atoms with van der Waals surface area (Å²) < 4.78 is 52.0. The highest BCUT2D eigenvalue weighted by Crippen LogP contribution is 2.36. The van der Waals surface area contributed by atoms with E-state index in [0.717, 1.165) is 12.8 Å². The molecule has 1 aliphatic rings. The largest absolute Gasteiger partial charge is 0.749 e. The molecule has 0 saturated carbocycles. The van der Waals surface area contributed by atoms with Crippen LogP contribution in [0.15, 0.2) is 0 Å². The van der Waals surface area contributed by atoms with Crippen molar-refractivity contribution in [3.63, 3.8) is 0 Å². The maximum atomic E-state index is 10.4. The van der Waals surface area contributed by atoms with Crippen molar-refractivity contribution in [2.45, 2.75) is 12.8 Å². The molecule has 1 atom stereocenters. The third-order valence-corrected chi connectivity index (χ3v) is 4.40. The van der Waals surface area contributed by atoms with Gasteiger partial charge in [0.05, 0.1) is 22.9 Å². The Balaban J connectivity index is 0.000000262. The fourth-order valence-corrected chi connectivity index (χ4v) is 2.95. The van der Waals surface area contributed by atoms with Crippen LogP contribution in [0.3, 0.4) is 0 Å². The lowest BCUT2D eigenvalue weighted by atomic mass is 10.4. The highest BCUT2D eigenvalue weighted by Gasteiger charge is 2.16. The minimum Gasteiger partial charge on any atom is -0.749 e. The highest BCUT2D eigenvalue weighted by molar-refractivity contribution is 7.91. The van der Waals surface area contributed by atoms with Crippen molar-refractivity contribution in [1.82, 2.24) is 0 Å². The van der Waals surface area contributed by atoms with Crippen molar-refractivity contribution in [3.05, 3.63) is 0 Å². The van der Waals surface area contributed by atoms with Crippen LogP contribution in [0.25, 0.3) is 0 Å². The van der Waals surface area contributed by atoms with E-state index in [2.05, 4.69) is 3.97 Å². The second-order valence-corrected chi connectivity index (χ2v) is 6.92. The SMILES string of the molecule is O=S([O-])OP(=O)(O)O.O=S1(=O)CCCC1. The van der Waals surface area contributed by atoms with Crippen molar-refractivity contribution >= 4 is 29.0 Å². The van der Waals surface area contributed by atoms with Gasteiger partial charge in [-0.15, -0.1) is 0 Å². The van der Waals surface area contributed by atoms with E-state index in [4.69, 9.17) is 9.79 Å². The standard InChI is InChI=1S/C4H8O2S.H3O6PS/c5-7(6)3-1-2-4-7;1-7(2,3)6-8(4)5/h1-4H2;(H,4,5)(H2,1,2,3)/p-1. The average molecular weight is 281 g/mol. The smallest absolute Gasteiger partial charge is 0.481 e. The molecule has 0 aromatic carbocycles. The number of hydrogen-bond acceptors (Lipinski definition) is 6. The molecule has 11 heteroatoms. The molecule has 1 fully saturated rings. The first-order valence-corrected chi connectivity index (χ1v) is 8.03. The Labute approximate surface area is 89.3 Å². The Morgan fingerprint density at radius 2 is 1.67 bits per heavy atom. The molecule has 15 heavy (non-hydrogen) atoms. The van der Waals surface area contributed by atoms with E-state index in [1.165, 1.54) is 0 Å². The van der Waals surface area contributed by atoms with Crippen molar-refractivity contribution in [2.75, 3.05) is 11.5 Å². The van der Waals surface area contributed by atoms with E-state index in [-0.39, 0.29) is 0 Å². The van der Waals surface area contributed by atoms with E-state index in [9.17, 15) is 21.7 Å². The minimum absolute atomic E-state index is 0.424. The molecule has 92 valence electrons. The van der Waals surface area contributed by atoms with E-state index >= 15 is 0 Å². The molecule has 2 N–H and O–H groups in total. The average Bonchev–Trinajstić information content (AvgIpc) is 2.29. The third kappa shape index (κ3) is 10.5. The summed E-state index contributed by atoms with van der Waals surface area (Å²) in [4.78, 5) is 15.4. The summed E-state index contributed by atoms with van der Waals surface area (Å²) in [6.45, 7) is 0. The van der Waals surface area contributed by atoms with E-state index < -0.39 is 29.0 Å². The summed E-state index contributed by atoms with van der Waals surface area (Å²) in [5.74, 6) is 0.847. The molecule has 8 nitrogen and oxygen atoms in total. The Bertz CT molecular complexity index is 343. The number of phosphoric acid groups is 1. The van der Waals surface area contributed by atoms with Crippen LogP contribution in [0.5, 0.6) is 0 Å². The lowest BCUT2D eigenvalue weighted by Crippen LogP contribution is -1.98. The van der Waals surface area contributed by atoms with Crippen LogP contribution in [-0.2, 0) is 29.7 Å². The molecule has 1 aliphatic heterocycles. The topological polar surface area (TPSA) is 141 Å². The lowest BCUT2D eigenvalue weighted by Gasteiger charge is -2.04. The summed E-state index contributed by atoms with van der Waals surface area (Å²) in [6, 6.07) is 0. The van der Waals surface area contributed by atoms with E-state index in [1.54, 1.807) is 0 Å². The number of hydrogen-bond donors (Lipinski definition) is 2. The van der Waals surface area contributed by atoms with Crippen LogP contribution in [0.1, 0.15) is 12.8 Å². The zero-order valence-electron chi connectivity index (χ0n) is 7.44. The van der Waals surface area contributed by atoms with Gasteiger partial charge in [0.2, 0.25) is 0 Å². The van der Waals surface area contributed by atoms with Crippen LogP contribution >= 0.6 is 7.82 Å². The molecule has 1 saturated heterocycles. The predicted octanol–water partition coefficient (Wildman–Crippen LogP) is -0.915. The summed E-state index contributed by atoms with van der Waals surface area (Å²) in [7, 11) is -7.38. The van der Waals surface area contributed by atoms with Gasteiger partial charge in [0.1, 0.15) is 9.84 Å². The molecular formula is C4H10O8PS2-. The summed E-state index contributed by atoms with van der Waals surface area (Å²) >= 11 is -3.15. The maximum absolute atomic E-state index is 10.4. The minimum atomic E-state index is -4.83. The van der Waals surface area contributed by atoms with Gasteiger partial charge in [-0.2, -0.15) is 3.97 Å². The van der Waals surface area contributed by atoms with Crippen LogP contribution in [-0.4, -0.2) is 38.5 Å². The molecule has 1 heterocycles. The van der Waals surface area contributed by atoms with Crippen molar-refractivity contribution in [3.8, 4) is 0 Å². The highest BCUT2D eigenvalue weighted by atomic mass is 32.2. The van der Waals surface area contributed by atoms with Gasteiger partial charge in [-0.1, -0.05) is 0 Å². The second kappa shape index (κ2) is 6.04. The van der Waals surface area contributed by atoms with Crippen LogP contribution in [0, 0.1) is 0 Å². The van der Waals surface area contributed by atoms with E-state index in [0.29, 0.717) is 11.5 Å². The molecule has 1 unspecified atom stereocenters. The van der Waals surface area contributed by atoms with Crippen molar-refractivity contribution < 1.29 is 35.5 Å². The monoisotopic (exact) mass is 281 g/mol. The molecule has 0 bridgehead atoms. The summed E-state index contributed by atoms with van der Waals surface area (Å²) in [6.07, 6.45) is 1.75. The third-order valence-electron chi connectivity index (χ3n) is 1.32. The normalized spacial score (nSPS) is 21.5. The zero-order chi connectivity index (χ0) is 12.1. The Morgan fingerprint density at radius 1 is 1.27 bits per heavy atom. The molecule has 1 rings (SSSR count). The number of rotatable bonds is 2. The van der Waals surface area contributed by atoms with Gasteiger partial charge in [-0.3, -0.25) is 0 Å². The van der Waals surface area contributed by atoms with Gasteiger partial charge in [-0.25, -0.2) is 17.2 Å². The molecule has 0 radical (unpaired) electrons. The second-order valence-electron chi connectivity index (χ2n) is 2.63. The molecular weight excluding hydrogens is 271 g/mol. The first-order chi connectivity index (χ1) is 6.62. The molecule has 0 spiro atoms. The summed E-state index contributed by atoms with van der Waals surface area (Å²) in [5.41, 5.74) is 0. The maximum Gasteiger partial charge on any atom is 0.481 e. The first-order valence-electron chi connectivity index (χ1n) is 3.68. The van der Waals surface area contributed by atoms with Crippen LogP contribution in [0.2, 0.25) is 0 Å². The Hall–Kier alpha value is 0.170. The van der Waals surface area contributed by atoms with Crippen molar-refractivity contribution in [2.24, 2.45) is 0 Å². The van der Waals surface area contributed by atoms with Gasteiger partial charge in [0.25, 0.3) is 0 Å². The Kier molecular flexibility index (Phi) is 6.11. The van der Waals surface area contributed by atoms with Crippen molar-refractivity contribution in [1.29, 1.82) is 0 Å². The van der Waals surface area contributed by atoms with Crippen LogP contribution < -0.4 is 0 Å². The Morgan fingerprint density at radius 3 is 1.73 bits per heavy atom. The van der Waals surface area contributed by atoms with Gasteiger partial charge in [-0.05, 0) is 12.8 Å². The first kappa shape index (κ1) is 15.2. The predicted molar refractivity (Wildman–Crippen MR) is 49.9 cm³/mol. The zero-order valence-corrected chi connectivity index (χ0v) is 9.96. The molecule has 0 aromatic heterocycles. The lowest BCUT2D eigenvalue weighted by molar-refractivity contribution is 0.280. The van der Waals surface area contributed by atoms with Gasteiger partial charge in [0.15, 0.2) is 0 Å². The fourth-order valence-electron chi connectivity index (χ4n) is 0.825. The molecule has 0 aliphatic carbocycles. The van der Waals surface area contributed by atoms with Gasteiger partial charge >= 0.3 is 7.82 Å². The van der Waals surface area contributed by atoms with Gasteiger partial charge in [0, 0.05) is 0 Å². The summed E-state index contributed by atoms with van der Waals surface area (Å²) in [5, 5.41) is 0. The van der Waals surface area contributed by atoms with E-state index in [1.807, 2.05) is 0 Å². The van der Waals surface area contributed by atoms with Gasteiger partial charge < -0.3 is 14.3 Å².